The highest BCUT2D eigenvalue weighted by Gasteiger charge is 2.18. The minimum atomic E-state index is -0.476. The molecule has 0 atom stereocenters. The summed E-state index contributed by atoms with van der Waals surface area (Å²) in [5.41, 5.74) is 4.61. The number of carbonyl (C=O) groups excluding carboxylic acids is 1. The van der Waals surface area contributed by atoms with Crippen LogP contribution in [0.15, 0.2) is 12.2 Å². The molecule has 0 radical (unpaired) electrons. The maximum absolute atomic E-state index is 11.3. The Morgan fingerprint density at radius 2 is 1.73 bits per heavy atom. The fourth-order valence-corrected chi connectivity index (χ4v) is 0.974. The SMILES string of the molecule is C/C=C\C(C)(C)NNC(=O)OC(C)(C)C. The first-order valence-electron chi connectivity index (χ1n) is 5.06. The molecule has 4 nitrogen and oxygen atoms in total. The molecule has 1 amide bonds. The minimum absolute atomic E-state index is 0.286. The van der Waals surface area contributed by atoms with Crippen LogP contribution in [0.3, 0.4) is 0 Å². The molecule has 88 valence electrons. The molecule has 0 saturated heterocycles. The van der Waals surface area contributed by atoms with E-state index in [9.17, 15) is 4.79 Å². The van der Waals surface area contributed by atoms with Crippen molar-refractivity contribution < 1.29 is 9.53 Å². The number of nitrogens with one attached hydrogen (secondary N) is 2. The highest BCUT2D eigenvalue weighted by atomic mass is 16.6. The van der Waals surface area contributed by atoms with Gasteiger partial charge < -0.3 is 4.74 Å². The monoisotopic (exact) mass is 214 g/mol. The third-order valence-electron chi connectivity index (χ3n) is 1.47. The standard InChI is InChI=1S/C11H22N2O2/c1-7-8-11(5,6)13-12-9(14)15-10(2,3)4/h7-8,13H,1-6H3,(H,12,14)/b8-7-. The highest BCUT2D eigenvalue weighted by Crippen LogP contribution is 2.07. The van der Waals surface area contributed by atoms with Gasteiger partial charge in [0.2, 0.25) is 0 Å². The van der Waals surface area contributed by atoms with Crippen LogP contribution in [0.5, 0.6) is 0 Å². The fourth-order valence-electron chi connectivity index (χ4n) is 0.974. The van der Waals surface area contributed by atoms with Gasteiger partial charge in [-0.1, -0.05) is 12.2 Å². The van der Waals surface area contributed by atoms with E-state index in [1.807, 2.05) is 53.7 Å². The molecule has 2 N–H and O–H groups in total. The molecule has 0 aromatic heterocycles. The van der Waals surface area contributed by atoms with Crippen LogP contribution in [0, 0.1) is 0 Å². The van der Waals surface area contributed by atoms with Gasteiger partial charge >= 0.3 is 6.09 Å². The van der Waals surface area contributed by atoms with E-state index in [2.05, 4.69) is 10.9 Å². The third-order valence-corrected chi connectivity index (χ3v) is 1.47. The first-order valence-corrected chi connectivity index (χ1v) is 5.06. The Hall–Kier alpha value is -1.03. The predicted octanol–water partition coefficient (Wildman–Crippen LogP) is 2.37. The molecule has 0 aromatic rings. The molecule has 0 aliphatic carbocycles. The van der Waals surface area contributed by atoms with Crippen LogP contribution in [0.1, 0.15) is 41.5 Å². The molecule has 0 aliphatic heterocycles. The second-order valence-electron chi connectivity index (χ2n) is 4.97. The van der Waals surface area contributed by atoms with Crippen molar-refractivity contribution in [1.29, 1.82) is 0 Å². The van der Waals surface area contributed by atoms with E-state index in [1.165, 1.54) is 0 Å². The van der Waals surface area contributed by atoms with E-state index in [-0.39, 0.29) is 5.54 Å². The van der Waals surface area contributed by atoms with Gasteiger partial charge in [-0.25, -0.2) is 10.2 Å². The second kappa shape index (κ2) is 5.16. The van der Waals surface area contributed by atoms with Crippen LogP contribution in [-0.2, 0) is 4.74 Å². The molecule has 0 bridgehead atoms. The summed E-state index contributed by atoms with van der Waals surface area (Å²) in [7, 11) is 0. The van der Waals surface area contributed by atoms with Crippen LogP contribution in [-0.4, -0.2) is 17.2 Å². The Bertz CT molecular complexity index is 239. The highest BCUT2D eigenvalue weighted by molar-refractivity contribution is 5.67. The van der Waals surface area contributed by atoms with Crippen molar-refractivity contribution in [3.05, 3.63) is 12.2 Å². The number of hydrogen-bond donors (Lipinski definition) is 2. The number of carbonyl (C=O) groups is 1. The average Bonchev–Trinajstić information content (AvgIpc) is 1.98. The largest absolute Gasteiger partial charge is 0.443 e. The lowest BCUT2D eigenvalue weighted by atomic mass is 10.1. The van der Waals surface area contributed by atoms with E-state index in [0.717, 1.165) is 0 Å². The number of ether oxygens (including phenoxy) is 1. The number of allylic oxidation sites excluding steroid dienone is 1. The molecule has 0 spiro atoms. The number of rotatable bonds is 3. The van der Waals surface area contributed by atoms with Crippen molar-refractivity contribution in [3.63, 3.8) is 0 Å². The summed E-state index contributed by atoms with van der Waals surface area (Å²) in [6.07, 6.45) is 3.40. The van der Waals surface area contributed by atoms with Gasteiger partial charge in [0.1, 0.15) is 5.60 Å². The van der Waals surface area contributed by atoms with Crippen LogP contribution in [0.2, 0.25) is 0 Å². The van der Waals surface area contributed by atoms with Crippen molar-refractivity contribution in [3.8, 4) is 0 Å². The summed E-state index contributed by atoms with van der Waals surface area (Å²) < 4.78 is 5.07. The molecule has 0 aliphatic rings. The third kappa shape index (κ3) is 8.00. The maximum Gasteiger partial charge on any atom is 0.422 e. The molecule has 0 unspecified atom stereocenters. The van der Waals surface area contributed by atoms with Crippen LogP contribution >= 0.6 is 0 Å². The van der Waals surface area contributed by atoms with Crippen LogP contribution in [0.4, 0.5) is 4.79 Å². The first kappa shape index (κ1) is 14.0. The Balaban J connectivity index is 4.01. The van der Waals surface area contributed by atoms with Crippen molar-refractivity contribution in [2.45, 2.75) is 52.7 Å². The lowest BCUT2D eigenvalue weighted by Gasteiger charge is -2.25. The van der Waals surface area contributed by atoms with Crippen molar-refractivity contribution in [2.24, 2.45) is 0 Å². The number of hydrogen-bond acceptors (Lipinski definition) is 3. The van der Waals surface area contributed by atoms with Gasteiger partial charge in [-0.3, -0.25) is 5.43 Å². The Kier molecular flexibility index (Phi) is 4.81. The molecule has 0 heterocycles. The molecule has 4 heteroatoms. The summed E-state index contributed by atoms with van der Waals surface area (Å²) in [6.45, 7) is 11.3. The summed E-state index contributed by atoms with van der Waals surface area (Å²) in [5.74, 6) is 0. The average molecular weight is 214 g/mol. The first-order chi connectivity index (χ1) is 6.66. The summed E-state index contributed by atoms with van der Waals surface area (Å²) >= 11 is 0. The van der Waals surface area contributed by atoms with E-state index < -0.39 is 11.7 Å². The van der Waals surface area contributed by atoms with Crippen molar-refractivity contribution in [1.82, 2.24) is 10.9 Å². The molecule has 15 heavy (non-hydrogen) atoms. The Morgan fingerprint density at radius 3 is 2.13 bits per heavy atom. The van der Waals surface area contributed by atoms with Gasteiger partial charge in [0.15, 0.2) is 0 Å². The Morgan fingerprint density at radius 1 is 1.20 bits per heavy atom. The van der Waals surface area contributed by atoms with Crippen LogP contribution in [0.25, 0.3) is 0 Å². The molecule has 0 aromatic carbocycles. The minimum Gasteiger partial charge on any atom is -0.443 e. The smallest absolute Gasteiger partial charge is 0.422 e. The topological polar surface area (TPSA) is 50.4 Å². The lowest BCUT2D eigenvalue weighted by molar-refractivity contribution is 0.0480. The van der Waals surface area contributed by atoms with E-state index in [4.69, 9.17) is 4.74 Å². The molecule has 0 saturated carbocycles. The second-order valence-corrected chi connectivity index (χ2v) is 4.97. The zero-order chi connectivity index (χ0) is 12.1. The van der Waals surface area contributed by atoms with Gasteiger partial charge in [-0.2, -0.15) is 0 Å². The normalized spacial score (nSPS) is 12.9. The van der Waals surface area contributed by atoms with Crippen LogP contribution < -0.4 is 10.9 Å². The predicted molar refractivity (Wildman–Crippen MR) is 61.4 cm³/mol. The number of hydrazine groups is 1. The van der Waals surface area contributed by atoms with E-state index in [1.54, 1.807) is 0 Å². The van der Waals surface area contributed by atoms with Crippen molar-refractivity contribution in [2.75, 3.05) is 0 Å². The fraction of sp³-hybridized carbons (Fsp3) is 0.727. The zero-order valence-corrected chi connectivity index (χ0v) is 10.5. The van der Waals surface area contributed by atoms with Crippen molar-refractivity contribution >= 4 is 6.09 Å². The Labute approximate surface area is 92.0 Å². The van der Waals surface area contributed by atoms with Gasteiger partial charge in [-0.15, -0.1) is 0 Å². The maximum atomic E-state index is 11.3. The quantitative estimate of drug-likeness (QED) is 0.560. The molecule has 0 rings (SSSR count). The molecular formula is C11H22N2O2. The van der Waals surface area contributed by atoms with Gasteiger partial charge in [0.25, 0.3) is 0 Å². The summed E-state index contributed by atoms with van der Waals surface area (Å²) in [4.78, 5) is 11.3. The summed E-state index contributed by atoms with van der Waals surface area (Å²) in [5, 5.41) is 0. The van der Waals surface area contributed by atoms with Gasteiger partial charge in [0.05, 0.1) is 0 Å². The number of amides is 1. The van der Waals surface area contributed by atoms with E-state index >= 15 is 0 Å². The summed E-state index contributed by atoms with van der Waals surface area (Å²) in [6, 6.07) is 0. The molecule has 0 fully saturated rings. The van der Waals surface area contributed by atoms with Gasteiger partial charge in [-0.05, 0) is 41.5 Å². The molecular weight excluding hydrogens is 192 g/mol. The lowest BCUT2D eigenvalue weighted by Crippen LogP contribution is -2.50. The van der Waals surface area contributed by atoms with Gasteiger partial charge in [0, 0.05) is 5.54 Å². The van der Waals surface area contributed by atoms with E-state index in [0.29, 0.717) is 0 Å². The zero-order valence-electron chi connectivity index (χ0n) is 10.5.